The van der Waals surface area contributed by atoms with Gasteiger partial charge in [0.1, 0.15) is 0 Å². The van der Waals surface area contributed by atoms with E-state index in [1.165, 1.54) is 224 Å². The number of rotatable bonds is 43. The van der Waals surface area contributed by atoms with Crippen LogP contribution in [0.3, 0.4) is 0 Å². The van der Waals surface area contributed by atoms with Crippen LogP contribution in [0.1, 0.15) is 226 Å². The summed E-state index contributed by atoms with van der Waals surface area (Å²) >= 11 is 0. The predicted molar refractivity (Wildman–Crippen MR) is 223 cm³/mol. The van der Waals surface area contributed by atoms with Crippen LogP contribution in [0.15, 0.2) is 0 Å². The van der Waals surface area contributed by atoms with Gasteiger partial charge >= 0.3 is 0 Å². The number of hydrogen-bond donors (Lipinski definition) is 1. The Kier molecular flexibility index (Phi) is 44.3. The van der Waals surface area contributed by atoms with Crippen molar-refractivity contribution in [1.82, 2.24) is 4.90 Å². The van der Waals surface area contributed by atoms with Crippen LogP contribution >= 0.6 is 21.6 Å². The Morgan fingerprint density at radius 3 is 1.19 bits per heavy atom. The molecule has 1 N–H and O–H groups in total. The number of hydrogen-bond acceptors (Lipinski definition) is 5. The zero-order chi connectivity index (χ0) is 34.9. The second kappa shape index (κ2) is 43.7. The van der Waals surface area contributed by atoms with E-state index >= 15 is 0 Å². The van der Waals surface area contributed by atoms with Crippen LogP contribution in [0.25, 0.3) is 0 Å². The molecule has 0 atom stereocenters. The summed E-state index contributed by atoms with van der Waals surface area (Å²) in [6, 6.07) is 0. The molecule has 0 spiro atoms. The molecule has 0 aliphatic heterocycles. The summed E-state index contributed by atoms with van der Waals surface area (Å²) < 4.78 is 6.46. The lowest BCUT2D eigenvalue weighted by Crippen LogP contribution is -2.29. The Labute approximate surface area is 311 Å². The van der Waals surface area contributed by atoms with Crippen molar-refractivity contribution < 1.29 is 9.84 Å². The molecule has 0 radical (unpaired) electrons. The first kappa shape index (κ1) is 48.6. The van der Waals surface area contributed by atoms with Crippen molar-refractivity contribution in [2.75, 3.05) is 44.4 Å². The van der Waals surface area contributed by atoms with Gasteiger partial charge in [0.15, 0.2) is 0 Å². The first-order valence-corrected chi connectivity index (χ1v) is 24.5. The average Bonchev–Trinajstić information content (AvgIpc) is 3.09. The van der Waals surface area contributed by atoms with E-state index in [0.29, 0.717) is 12.7 Å². The van der Waals surface area contributed by atoms with Crippen molar-refractivity contribution in [2.45, 2.75) is 232 Å². The standard InChI is InChI=1S/C43H89NO2S2/c1-4-7-10-13-18-25-32-41-47-48-42-33-26-19-23-30-37-44(38-39-45)36-29-22-16-17-24-31-40-46-43(34-27-20-14-11-8-5-2)35-28-21-15-12-9-6-3/h43,45H,4-42H2,1-3H3. The summed E-state index contributed by atoms with van der Waals surface area (Å²) in [5.41, 5.74) is 0. The molecule has 0 aromatic rings. The van der Waals surface area contributed by atoms with Crippen LogP contribution < -0.4 is 0 Å². The summed E-state index contributed by atoms with van der Waals surface area (Å²) in [7, 11) is 4.21. The Bertz CT molecular complexity index is 551. The number of nitrogens with zero attached hydrogens (tertiary/aromatic N) is 1. The number of ether oxygens (including phenoxy) is 1. The van der Waals surface area contributed by atoms with E-state index in [2.05, 4.69) is 47.3 Å². The Balaban J connectivity index is 3.75. The van der Waals surface area contributed by atoms with Crippen molar-refractivity contribution in [3.8, 4) is 0 Å². The van der Waals surface area contributed by atoms with Gasteiger partial charge in [-0.3, -0.25) is 0 Å². The third-order valence-electron chi connectivity index (χ3n) is 10.0. The van der Waals surface area contributed by atoms with Gasteiger partial charge in [-0.2, -0.15) is 0 Å². The fraction of sp³-hybridized carbons (Fsp3) is 1.00. The number of aliphatic hydroxyl groups is 1. The highest BCUT2D eigenvalue weighted by molar-refractivity contribution is 8.76. The van der Waals surface area contributed by atoms with Crippen LogP contribution in [0, 0.1) is 0 Å². The summed E-state index contributed by atoms with van der Waals surface area (Å²) in [4.78, 5) is 2.51. The van der Waals surface area contributed by atoms with Crippen LogP contribution in [-0.4, -0.2) is 60.5 Å². The van der Waals surface area contributed by atoms with Crippen LogP contribution in [0.2, 0.25) is 0 Å². The fourth-order valence-electron chi connectivity index (χ4n) is 6.75. The largest absolute Gasteiger partial charge is 0.395 e. The Hall–Kier alpha value is 0.580. The van der Waals surface area contributed by atoms with Crippen LogP contribution in [-0.2, 0) is 4.74 Å². The highest BCUT2D eigenvalue weighted by atomic mass is 33.1. The first-order chi connectivity index (χ1) is 23.8. The van der Waals surface area contributed by atoms with Gasteiger partial charge in [-0.15, -0.1) is 0 Å². The molecule has 0 rings (SSSR count). The first-order valence-electron chi connectivity index (χ1n) is 22.0. The maximum absolute atomic E-state index is 9.56. The molecule has 0 aliphatic rings. The van der Waals surface area contributed by atoms with E-state index in [9.17, 15) is 5.11 Å². The molecule has 0 unspecified atom stereocenters. The third kappa shape index (κ3) is 39.4. The third-order valence-corrected chi connectivity index (χ3v) is 12.6. The molecule has 0 aliphatic carbocycles. The Morgan fingerprint density at radius 1 is 0.417 bits per heavy atom. The molecule has 48 heavy (non-hydrogen) atoms. The topological polar surface area (TPSA) is 32.7 Å². The van der Waals surface area contributed by atoms with Gasteiger partial charge < -0.3 is 14.7 Å². The zero-order valence-corrected chi connectivity index (χ0v) is 34.9. The van der Waals surface area contributed by atoms with Crippen molar-refractivity contribution in [3.05, 3.63) is 0 Å². The Morgan fingerprint density at radius 2 is 0.771 bits per heavy atom. The van der Waals surface area contributed by atoms with Crippen molar-refractivity contribution in [3.63, 3.8) is 0 Å². The summed E-state index contributed by atoms with van der Waals surface area (Å²) in [5, 5.41) is 9.56. The second-order valence-corrected chi connectivity index (χ2v) is 17.5. The van der Waals surface area contributed by atoms with E-state index in [4.69, 9.17) is 4.74 Å². The highest BCUT2D eigenvalue weighted by Gasteiger charge is 2.09. The molecule has 290 valence electrons. The lowest BCUT2D eigenvalue weighted by atomic mass is 10.0. The van der Waals surface area contributed by atoms with E-state index in [0.717, 1.165) is 19.7 Å². The predicted octanol–water partition coefficient (Wildman–Crippen LogP) is 14.6. The van der Waals surface area contributed by atoms with Crippen molar-refractivity contribution in [2.24, 2.45) is 0 Å². The molecular formula is C43H89NO2S2. The maximum Gasteiger partial charge on any atom is 0.0575 e. The monoisotopic (exact) mass is 716 g/mol. The molecule has 0 saturated carbocycles. The van der Waals surface area contributed by atoms with Gasteiger partial charge in [0.05, 0.1) is 12.7 Å². The minimum atomic E-state index is 0.298. The van der Waals surface area contributed by atoms with E-state index in [-0.39, 0.29) is 0 Å². The average molecular weight is 716 g/mol. The molecule has 0 saturated heterocycles. The second-order valence-electron chi connectivity index (χ2n) is 14.8. The molecular weight excluding hydrogens is 627 g/mol. The fourth-order valence-corrected chi connectivity index (χ4v) is 9.04. The van der Waals surface area contributed by atoms with E-state index in [1.807, 2.05) is 0 Å². The summed E-state index contributed by atoms with van der Waals surface area (Å²) in [6.45, 7) is 11.4. The molecule has 0 bridgehead atoms. The van der Waals surface area contributed by atoms with Gasteiger partial charge in [-0.05, 0) is 58.0 Å². The maximum atomic E-state index is 9.56. The molecule has 0 heterocycles. The van der Waals surface area contributed by atoms with E-state index in [1.54, 1.807) is 0 Å². The minimum Gasteiger partial charge on any atom is -0.395 e. The molecule has 3 nitrogen and oxygen atoms in total. The number of aliphatic hydroxyl groups excluding tert-OH is 1. The van der Waals surface area contributed by atoms with Crippen LogP contribution in [0.5, 0.6) is 0 Å². The molecule has 0 amide bonds. The summed E-state index contributed by atoms with van der Waals surface area (Å²) in [6.07, 6.45) is 44.2. The zero-order valence-electron chi connectivity index (χ0n) is 33.3. The van der Waals surface area contributed by atoms with Crippen molar-refractivity contribution >= 4 is 21.6 Å². The molecule has 0 aromatic heterocycles. The van der Waals surface area contributed by atoms with Gasteiger partial charge in [-0.25, -0.2) is 0 Å². The van der Waals surface area contributed by atoms with Gasteiger partial charge in [0.2, 0.25) is 0 Å². The quantitative estimate of drug-likeness (QED) is 0.0502. The van der Waals surface area contributed by atoms with Crippen LogP contribution in [0.4, 0.5) is 0 Å². The smallest absolute Gasteiger partial charge is 0.0575 e. The normalized spacial score (nSPS) is 11.9. The molecule has 0 aromatic carbocycles. The summed E-state index contributed by atoms with van der Waals surface area (Å²) in [5.74, 6) is 2.66. The highest BCUT2D eigenvalue weighted by Crippen LogP contribution is 2.25. The van der Waals surface area contributed by atoms with Gasteiger partial charge in [0.25, 0.3) is 0 Å². The lowest BCUT2D eigenvalue weighted by molar-refractivity contribution is 0.0357. The van der Waals surface area contributed by atoms with Gasteiger partial charge in [0, 0.05) is 24.7 Å². The SMILES string of the molecule is CCCCCCCCCSSCCCCCCCN(CCO)CCCCCCCCOC(CCCCCCCC)CCCCCCCC. The molecule has 5 heteroatoms. The van der Waals surface area contributed by atoms with Crippen molar-refractivity contribution in [1.29, 1.82) is 0 Å². The number of unbranched alkanes of at least 4 members (excludes halogenated alkanes) is 25. The van der Waals surface area contributed by atoms with Gasteiger partial charge in [-0.1, -0.05) is 203 Å². The lowest BCUT2D eigenvalue weighted by Gasteiger charge is -2.21. The minimum absolute atomic E-state index is 0.298. The molecule has 0 fully saturated rings. The van der Waals surface area contributed by atoms with E-state index < -0.39 is 0 Å².